The molecule has 0 saturated carbocycles. The van der Waals surface area contributed by atoms with Crippen molar-refractivity contribution < 1.29 is 9.59 Å². The van der Waals surface area contributed by atoms with E-state index in [-0.39, 0.29) is 11.8 Å². The molecule has 84 valence electrons. The molecule has 1 aliphatic rings. The maximum Gasteiger partial charge on any atom is 0.229 e. The van der Waals surface area contributed by atoms with Crippen molar-refractivity contribution in [2.75, 3.05) is 12.4 Å². The third-order valence-corrected chi connectivity index (χ3v) is 2.74. The molecule has 0 unspecified atom stereocenters. The molecule has 0 radical (unpaired) electrons. The van der Waals surface area contributed by atoms with Gasteiger partial charge in [0.15, 0.2) is 0 Å². The largest absolute Gasteiger partial charge is 0.388 e. The van der Waals surface area contributed by atoms with E-state index in [9.17, 15) is 9.59 Å². The Kier molecular flexibility index (Phi) is 2.90. The number of benzene rings is 1. The predicted molar refractivity (Wildman–Crippen MR) is 60.8 cm³/mol. The fourth-order valence-electron chi connectivity index (χ4n) is 1.76. The molecule has 2 amide bonds. The molecule has 1 aromatic rings. The maximum atomic E-state index is 11.4. The molecule has 0 aliphatic carbocycles. The van der Waals surface area contributed by atoms with Gasteiger partial charge >= 0.3 is 0 Å². The van der Waals surface area contributed by atoms with Gasteiger partial charge in [-0.2, -0.15) is 0 Å². The minimum absolute atomic E-state index is 0.0670. The van der Waals surface area contributed by atoms with Crippen LogP contribution >= 0.6 is 0 Å². The van der Waals surface area contributed by atoms with E-state index in [0.29, 0.717) is 19.4 Å². The van der Waals surface area contributed by atoms with Crippen LogP contribution in [-0.4, -0.2) is 23.8 Å². The number of carbonyl (C=O) groups is 2. The second kappa shape index (κ2) is 4.35. The molecule has 4 heteroatoms. The van der Waals surface area contributed by atoms with E-state index >= 15 is 0 Å². The molecule has 4 nitrogen and oxygen atoms in total. The van der Waals surface area contributed by atoms with Gasteiger partial charge in [-0.05, 0) is 17.7 Å². The standard InChI is InChI=1S/C12H14N2O2/c1-13-10-4-2-9(3-5-10)8-14-11(15)6-7-12(14)16/h2-5,13H,6-8H2,1H3. The van der Waals surface area contributed by atoms with Crippen LogP contribution in [0.3, 0.4) is 0 Å². The lowest BCUT2D eigenvalue weighted by Gasteiger charge is -2.13. The van der Waals surface area contributed by atoms with Gasteiger partial charge in [0.1, 0.15) is 0 Å². The number of hydrogen-bond donors (Lipinski definition) is 1. The zero-order valence-corrected chi connectivity index (χ0v) is 9.19. The van der Waals surface area contributed by atoms with Crippen LogP contribution < -0.4 is 5.32 Å². The summed E-state index contributed by atoms with van der Waals surface area (Å²) in [6.07, 6.45) is 0.709. The Hall–Kier alpha value is -1.84. The molecular formula is C12H14N2O2. The first kappa shape index (κ1) is 10.7. The predicted octanol–water partition coefficient (Wildman–Crippen LogP) is 1.38. The van der Waals surface area contributed by atoms with Crippen molar-refractivity contribution >= 4 is 17.5 Å². The number of nitrogens with zero attached hydrogens (tertiary/aromatic N) is 1. The van der Waals surface area contributed by atoms with Crippen LogP contribution in [0.1, 0.15) is 18.4 Å². The van der Waals surface area contributed by atoms with Gasteiger partial charge in [0.2, 0.25) is 11.8 Å². The van der Waals surface area contributed by atoms with Crippen LogP contribution in [0.4, 0.5) is 5.69 Å². The summed E-state index contributed by atoms with van der Waals surface area (Å²) in [7, 11) is 1.85. The average Bonchev–Trinajstić information content (AvgIpc) is 2.62. The van der Waals surface area contributed by atoms with Gasteiger partial charge in [-0.25, -0.2) is 0 Å². The van der Waals surface area contributed by atoms with Crippen molar-refractivity contribution in [2.24, 2.45) is 0 Å². The van der Waals surface area contributed by atoms with Gasteiger partial charge in [0, 0.05) is 25.6 Å². The van der Waals surface area contributed by atoms with E-state index in [4.69, 9.17) is 0 Å². The number of nitrogens with one attached hydrogen (secondary N) is 1. The highest BCUT2D eigenvalue weighted by Gasteiger charge is 2.28. The van der Waals surface area contributed by atoms with Gasteiger partial charge in [0.05, 0.1) is 6.54 Å². The second-order valence-corrected chi connectivity index (χ2v) is 3.82. The molecule has 16 heavy (non-hydrogen) atoms. The molecule has 1 saturated heterocycles. The molecule has 1 aromatic carbocycles. The van der Waals surface area contributed by atoms with Crippen molar-refractivity contribution in [3.63, 3.8) is 0 Å². The van der Waals surface area contributed by atoms with E-state index in [0.717, 1.165) is 11.3 Å². The molecule has 0 aromatic heterocycles. The summed E-state index contributed by atoms with van der Waals surface area (Å²) in [5.41, 5.74) is 1.99. The van der Waals surface area contributed by atoms with Crippen LogP contribution in [0.5, 0.6) is 0 Å². The van der Waals surface area contributed by atoms with Crippen molar-refractivity contribution in [3.8, 4) is 0 Å². The lowest BCUT2D eigenvalue weighted by molar-refractivity contribution is -0.139. The highest BCUT2D eigenvalue weighted by molar-refractivity contribution is 6.01. The number of hydrogen-bond acceptors (Lipinski definition) is 3. The maximum absolute atomic E-state index is 11.4. The van der Waals surface area contributed by atoms with Crippen LogP contribution in [0.2, 0.25) is 0 Å². The lowest BCUT2D eigenvalue weighted by Crippen LogP contribution is -2.28. The zero-order valence-electron chi connectivity index (χ0n) is 9.19. The molecule has 1 heterocycles. The number of imide groups is 1. The Labute approximate surface area is 94.2 Å². The third kappa shape index (κ3) is 2.05. The zero-order chi connectivity index (χ0) is 11.5. The summed E-state index contributed by atoms with van der Waals surface area (Å²) in [4.78, 5) is 24.1. The van der Waals surface area contributed by atoms with Crippen molar-refractivity contribution in [3.05, 3.63) is 29.8 Å². The van der Waals surface area contributed by atoms with Gasteiger partial charge < -0.3 is 5.32 Å². The highest BCUT2D eigenvalue weighted by atomic mass is 16.2. The first-order valence-corrected chi connectivity index (χ1v) is 5.30. The number of carbonyl (C=O) groups excluding carboxylic acids is 2. The Morgan fingerprint density at radius 2 is 1.69 bits per heavy atom. The molecule has 0 bridgehead atoms. The third-order valence-electron chi connectivity index (χ3n) is 2.74. The Morgan fingerprint density at radius 1 is 1.12 bits per heavy atom. The Morgan fingerprint density at radius 3 is 2.19 bits per heavy atom. The van der Waals surface area contributed by atoms with E-state index < -0.39 is 0 Å². The van der Waals surface area contributed by atoms with Gasteiger partial charge in [-0.15, -0.1) is 0 Å². The number of rotatable bonds is 3. The van der Waals surface area contributed by atoms with E-state index in [1.165, 1.54) is 4.90 Å². The fourth-order valence-corrected chi connectivity index (χ4v) is 1.76. The van der Waals surface area contributed by atoms with Gasteiger partial charge in [0.25, 0.3) is 0 Å². The topological polar surface area (TPSA) is 49.4 Å². The highest BCUT2D eigenvalue weighted by Crippen LogP contribution is 2.17. The molecule has 0 atom stereocenters. The Bertz CT molecular complexity index is 396. The monoisotopic (exact) mass is 218 g/mol. The minimum Gasteiger partial charge on any atom is -0.388 e. The van der Waals surface area contributed by atoms with Gasteiger partial charge in [-0.3, -0.25) is 14.5 Å². The normalized spacial score (nSPS) is 15.7. The average molecular weight is 218 g/mol. The molecule has 1 fully saturated rings. The first-order chi connectivity index (χ1) is 7.70. The van der Waals surface area contributed by atoms with E-state index in [1.807, 2.05) is 31.3 Å². The number of amides is 2. The molecule has 1 aliphatic heterocycles. The smallest absolute Gasteiger partial charge is 0.229 e. The van der Waals surface area contributed by atoms with Crippen LogP contribution in [0, 0.1) is 0 Å². The lowest BCUT2D eigenvalue weighted by atomic mass is 10.2. The fraction of sp³-hybridized carbons (Fsp3) is 0.333. The van der Waals surface area contributed by atoms with Gasteiger partial charge in [-0.1, -0.05) is 12.1 Å². The quantitative estimate of drug-likeness (QED) is 0.780. The van der Waals surface area contributed by atoms with Crippen LogP contribution in [0.15, 0.2) is 24.3 Å². The number of anilines is 1. The summed E-state index contributed by atoms with van der Waals surface area (Å²) in [5, 5.41) is 3.02. The van der Waals surface area contributed by atoms with Crippen LogP contribution in [0.25, 0.3) is 0 Å². The van der Waals surface area contributed by atoms with Crippen molar-refractivity contribution in [2.45, 2.75) is 19.4 Å². The summed E-state index contributed by atoms with van der Waals surface area (Å²) >= 11 is 0. The Balaban J connectivity index is 2.08. The second-order valence-electron chi connectivity index (χ2n) is 3.82. The summed E-state index contributed by atoms with van der Waals surface area (Å²) in [6, 6.07) is 7.70. The molecule has 1 N–H and O–H groups in total. The number of likely N-dealkylation sites (tertiary alicyclic amines) is 1. The summed E-state index contributed by atoms with van der Waals surface area (Å²) in [6.45, 7) is 0.391. The van der Waals surface area contributed by atoms with E-state index in [2.05, 4.69) is 5.32 Å². The van der Waals surface area contributed by atoms with Crippen molar-refractivity contribution in [1.82, 2.24) is 4.90 Å². The summed E-state index contributed by atoms with van der Waals surface area (Å²) < 4.78 is 0. The molecule has 2 rings (SSSR count). The van der Waals surface area contributed by atoms with Crippen molar-refractivity contribution in [1.29, 1.82) is 0 Å². The van der Waals surface area contributed by atoms with E-state index in [1.54, 1.807) is 0 Å². The first-order valence-electron chi connectivity index (χ1n) is 5.30. The molecule has 0 spiro atoms. The molecular weight excluding hydrogens is 204 g/mol. The SMILES string of the molecule is CNc1ccc(CN2C(=O)CCC2=O)cc1. The van der Waals surface area contributed by atoms with Crippen LogP contribution in [-0.2, 0) is 16.1 Å². The minimum atomic E-state index is -0.0670. The summed E-state index contributed by atoms with van der Waals surface area (Å²) in [5.74, 6) is -0.134.